The Kier molecular flexibility index (Phi) is 6.28. The third kappa shape index (κ3) is 5.74. The van der Waals surface area contributed by atoms with Gasteiger partial charge in [-0.2, -0.15) is 0 Å². The van der Waals surface area contributed by atoms with E-state index < -0.39 is 6.10 Å². The molecule has 0 aliphatic carbocycles. The Morgan fingerprint density at radius 2 is 1.64 bits per heavy atom. The van der Waals surface area contributed by atoms with Crippen LogP contribution in [0.4, 0.5) is 0 Å². The van der Waals surface area contributed by atoms with Crippen molar-refractivity contribution < 1.29 is 14.9 Å². The van der Waals surface area contributed by atoms with Crippen LogP contribution in [0.25, 0.3) is 0 Å². The summed E-state index contributed by atoms with van der Waals surface area (Å²) in [6, 6.07) is 17.2. The molecule has 2 aromatic rings. The number of aromatic hydroxyl groups is 1. The molecule has 1 fully saturated rings. The third-order valence-electron chi connectivity index (χ3n) is 4.44. The lowest BCUT2D eigenvalue weighted by Crippen LogP contribution is -2.48. The lowest BCUT2D eigenvalue weighted by molar-refractivity contribution is 0.0446. The van der Waals surface area contributed by atoms with Gasteiger partial charge in [-0.05, 0) is 17.7 Å². The van der Waals surface area contributed by atoms with E-state index in [9.17, 15) is 10.2 Å². The number of piperazine rings is 1. The number of phenolic OH excluding ortho intramolecular Hbond substituents is 1. The van der Waals surface area contributed by atoms with Crippen molar-refractivity contribution in [1.82, 2.24) is 9.80 Å². The SMILES string of the molecule is Oc1cccc(OCC(O)CN2CCN(Cc3ccccc3)CC2)c1. The largest absolute Gasteiger partial charge is 0.508 e. The van der Waals surface area contributed by atoms with Crippen molar-refractivity contribution in [2.45, 2.75) is 12.6 Å². The molecule has 1 unspecified atom stereocenters. The molecule has 5 nitrogen and oxygen atoms in total. The third-order valence-corrected chi connectivity index (χ3v) is 4.44. The van der Waals surface area contributed by atoms with Gasteiger partial charge in [0.2, 0.25) is 0 Å². The Balaban J connectivity index is 1.37. The molecule has 1 heterocycles. The molecule has 25 heavy (non-hydrogen) atoms. The molecular weight excluding hydrogens is 316 g/mol. The molecule has 5 heteroatoms. The lowest BCUT2D eigenvalue weighted by Gasteiger charge is -2.35. The van der Waals surface area contributed by atoms with Crippen LogP contribution < -0.4 is 4.74 Å². The van der Waals surface area contributed by atoms with Crippen molar-refractivity contribution in [2.75, 3.05) is 39.3 Å². The second kappa shape index (κ2) is 8.85. The maximum Gasteiger partial charge on any atom is 0.123 e. The zero-order valence-electron chi connectivity index (χ0n) is 14.4. The van der Waals surface area contributed by atoms with Gasteiger partial charge >= 0.3 is 0 Å². The smallest absolute Gasteiger partial charge is 0.123 e. The minimum absolute atomic E-state index is 0.168. The molecule has 0 saturated carbocycles. The minimum Gasteiger partial charge on any atom is -0.508 e. The van der Waals surface area contributed by atoms with Crippen LogP contribution in [-0.2, 0) is 6.54 Å². The normalized spacial score (nSPS) is 17.3. The van der Waals surface area contributed by atoms with Gasteiger partial charge < -0.3 is 14.9 Å². The van der Waals surface area contributed by atoms with Gasteiger partial charge in [-0.15, -0.1) is 0 Å². The fourth-order valence-electron chi connectivity index (χ4n) is 3.09. The van der Waals surface area contributed by atoms with E-state index in [1.165, 1.54) is 5.56 Å². The summed E-state index contributed by atoms with van der Waals surface area (Å²) >= 11 is 0. The number of ether oxygens (including phenoxy) is 1. The molecule has 2 N–H and O–H groups in total. The fourth-order valence-corrected chi connectivity index (χ4v) is 3.09. The number of hydrogen-bond donors (Lipinski definition) is 2. The van der Waals surface area contributed by atoms with Crippen LogP contribution >= 0.6 is 0 Å². The van der Waals surface area contributed by atoms with Gasteiger partial charge in [-0.25, -0.2) is 0 Å². The van der Waals surface area contributed by atoms with Crippen LogP contribution in [0.15, 0.2) is 54.6 Å². The van der Waals surface area contributed by atoms with Crippen LogP contribution in [0.2, 0.25) is 0 Å². The molecule has 0 spiro atoms. The molecule has 0 aromatic heterocycles. The van der Waals surface area contributed by atoms with Crippen LogP contribution in [0.1, 0.15) is 5.56 Å². The maximum atomic E-state index is 10.2. The highest BCUT2D eigenvalue weighted by Gasteiger charge is 2.19. The summed E-state index contributed by atoms with van der Waals surface area (Å²) in [7, 11) is 0. The van der Waals surface area contributed by atoms with Gasteiger partial charge in [-0.1, -0.05) is 36.4 Å². The Hall–Kier alpha value is -2.08. The summed E-state index contributed by atoms with van der Waals surface area (Å²) < 4.78 is 5.54. The first-order valence-corrected chi connectivity index (χ1v) is 8.77. The predicted octanol–water partition coefficient (Wildman–Crippen LogP) is 1.95. The highest BCUT2D eigenvalue weighted by molar-refractivity contribution is 5.31. The number of aliphatic hydroxyl groups is 1. The van der Waals surface area contributed by atoms with E-state index in [4.69, 9.17) is 4.74 Å². The quantitative estimate of drug-likeness (QED) is 0.805. The summed E-state index contributed by atoms with van der Waals surface area (Å²) in [5.41, 5.74) is 1.34. The summed E-state index contributed by atoms with van der Waals surface area (Å²) in [5, 5.41) is 19.6. The molecule has 0 amide bonds. The number of aliphatic hydroxyl groups excluding tert-OH is 1. The standard InChI is InChI=1S/C20H26N2O3/c23-18-7-4-8-20(13-18)25-16-19(24)15-22-11-9-21(10-12-22)14-17-5-2-1-3-6-17/h1-8,13,19,23-24H,9-12,14-16H2. The first kappa shape index (κ1) is 17.7. The zero-order valence-corrected chi connectivity index (χ0v) is 14.4. The average molecular weight is 342 g/mol. The second-order valence-electron chi connectivity index (χ2n) is 6.52. The Labute approximate surface area is 149 Å². The fraction of sp³-hybridized carbons (Fsp3) is 0.400. The van der Waals surface area contributed by atoms with Crippen molar-refractivity contribution in [1.29, 1.82) is 0 Å². The van der Waals surface area contributed by atoms with Gasteiger partial charge in [0.05, 0.1) is 0 Å². The number of nitrogens with zero attached hydrogens (tertiary/aromatic N) is 2. The highest BCUT2D eigenvalue weighted by Crippen LogP contribution is 2.18. The molecule has 0 radical (unpaired) electrons. The van der Waals surface area contributed by atoms with Crippen molar-refractivity contribution in [3.8, 4) is 11.5 Å². The van der Waals surface area contributed by atoms with Gasteiger partial charge in [0, 0.05) is 45.3 Å². The number of phenols is 1. The topological polar surface area (TPSA) is 56.2 Å². The Morgan fingerprint density at radius 3 is 2.36 bits per heavy atom. The number of benzene rings is 2. The molecular formula is C20H26N2O3. The van der Waals surface area contributed by atoms with Crippen molar-refractivity contribution in [3.05, 3.63) is 60.2 Å². The predicted molar refractivity (Wildman–Crippen MR) is 97.8 cm³/mol. The Morgan fingerprint density at radius 1 is 0.920 bits per heavy atom. The molecule has 134 valence electrons. The molecule has 1 aliphatic rings. The van der Waals surface area contributed by atoms with Crippen molar-refractivity contribution >= 4 is 0 Å². The van der Waals surface area contributed by atoms with E-state index >= 15 is 0 Å². The number of β-amino-alcohol motifs (C(OH)–C–C–N with tert-alkyl or cyclic N) is 1. The van der Waals surface area contributed by atoms with E-state index in [2.05, 4.69) is 34.1 Å². The number of hydrogen-bond acceptors (Lipinski definition) is 5. The molecule has 2 aromatic carbocycles. The Bertz CT molecular complexity index is 642. The molecule has 3 rings (SSSR count). The molecule has 1 atom stereocenters. The summed E-state index contributed by atoms with van der Waals surface area (Å²) in [6.45, 7) is 5.75. The van der Waals surface area contributed by atoms with Gasteiger partial charge in [0.1, 0.15) is 24.2 Å². The van der Waals surface area contributed by atoms with Crippen molar-refractivity contribution in [2.24, 2.45) is 0 Å². The first-order chi connectivity index (χ1) is 12.2. The molecule has 1 saturated heterocycles. The number of rotatable bonds is 7. The first-order valence-electron chi connectivity index (χ1n) is 8.77. The monoisotopic (exact) mass is 342 g/mol. The minimum atomic E-state index is -0.539. The van der Waals surface area contributed by atoms with E-state index in [1.54, 1.807) is 24.3 Å². The molecule has 0 bridgehead atoms. The van der Waals surface area contributed by atoms with Crippen LogP contribution in [0.5, 0.6) is 11.5 Å². The summed E-state index contributed by atoms with van der Waals surface area (Å²) in [6.07, 6.45) is -0.539. The highest BCUT2D eigenvalue weighted by atomic mass is 16.5. The lowest BCUT2D eigenvalue weighted by atomic mass is 10.2. The second-order valence-corrected chi connectivity index (χ2v) is 6.52. The van der Waals surface area contributed by atoms with E-state index in [-0.39, 0.29) is 12.4 Å². The zero-order chi connectivity index (χ0) is 17.5. The van der Waals surface area contributed by atoms with E-state index in [1.807, 2.05) is 6.07 Å². The van der Waals surface area contributed by atoms with Crippen molar-refractivity contribution in [3.63, 3.8) is 0 Å². The van der Waals surface area contributed by atoms with E-state index in [0.29, 0.717) is 12.3 Å². The summed E-state index contributed by atoms with van der Waals surface area (Å²) in [4.78, 5) is 4.72. The van der Waals surface area contributed by atoms with E-state index in [0.717, 1.165) is 32.7 Å². The summed E-state index contributed by atoms with van der Waals surface area (Å²) in [5.74, 6) is 0.744. The maximum absolute atomic E-state index is 10.2. The van der Waals surface area contributed by atoms with Crippen LogP contribution in [0, 0.1) is 0 Å². The van der Waals surface area contributed by atoms with Gasteiger partial charge in [0.15, 0.2) is 0 Å². The molecule has 1 aliphatic heterocycles. The van der Waals surface area contributed by atoms with Crippen LogP contribution in [-0.4, -0.2) is 65.4 Å². The van der Waals surface area contributed by atoms with Gasteiger partial charge in [-0.3, -0.25) is 9.80 Å². The average Bonchev–Trinajstić information content (AvgIpc) is 2.63. The van der Waals surface area contributed by atoms with Crippen LogP contribution in [0.3, 0.4) is 0 Å². The van der Waals surface area contributed by atoms with Gasteiger partial charge in [0.25, 0.3) is 0 Å².